The zero-order valence-corrected chi connectivity index (χ0v) is 19.3. The van der Waals surface area contributed by atoms with Gasteiger partial charge in [-0.25, -0.2) is 13.8 Å². The SMILES string of the molecule is C[C@H]1C[C@@H](c2ccncc2Nc2ncc3ccc(-c4c(F)cc(O)cc4F)nn23)C[C@@H](N)[C@]1(C)O. The summed E-state index contributed by atoms with van der Waals surface area (Å²) >= 11 is 0. The number of aliphatic hydroxyl groups is 1. The molecule has 3 heterocycles. The average Bonchev–Trinajstić information content (AvgIpc) is 3.19. The topological polar surface area (TPSA) is 122 Å². The minimum atomic E-state index is -0.935. The maximum absolute atomic E-state index is 14.4. The number of nitrogens with two attached hydrogens (primary N) is 1. The molecule has 3 aromatic heterocycles. The van der Waals surface area contributed by atoms with Crippen LogP contribution in [0.4, 0.5) is 20.4 Å². The zero-order chi connectivity index (χ0) is 24.9. The standard InChI is InChI=1S/C25H26F2N6O2/c1-13-7-14(8-22(28)25(13,2)35)17-5-6-29-12-21(17)31-24-30-11-15-3-4-20(32-33(15)24)23-18(26)9-16(34)10-19(23)27/h3-6,9-14,22,34-35H,7-8,28H2,1-2H3,(H,30,31)/t13-,14+,22+,25+/m0/s1. The molecule has 1 fully saturated rings. The molecule has 1 aliphatic rings. The highest BCUT2D eigenvalue weighted by Crippen LogP contribution is 2.43. The molecule has 0 radical (unpaired) electrons. The van der Waals surface area contributed by atoms with Crippen LogP contribution in [0.5, 0.6) is 5.75 Å². The summed E-state index contributed by atoms with van der Waals surface area (Å²) in [6.07, 6.45) is 6.35. The average molecular weight is 481 g/mol. The van der Waals surface area contributed by atoms with E-state index in [2.05, 4.69) is 20.4 Å². The minimum Gasteiger partial charge on any atom is -0.508 e. The number of hydrogen-bond acceptors (Lipinski definition) is 7. The fourth-order valence-corrected chi connectivity index (χ4v) is 4.82. The number of benzene rings is 1. The number of aromatic hydroxyl groups is 1. The van der Waals surface area contributed by atoms with Crippen molar-refractivity contribution in [1.29, 1.82) is 0 Å². The van der Waals surface area contributed by atoms with E-state index in [4.69, 9.17) is 5.73 Å². The van der Waals surface area contributed by atoms with Gasteiger partial charge in [0.1, 0.15) is 17.4 Å². The molecule has 0 amide bonds. The lowest BCUT2D eigenvalue weighted by molar-refractivity contribution is -0.0463. The first kappa shape index (κ1) is 23.1. The molecule has 1 aliphatic carbocycles. The number of nitrogens with zero attached hydrogens (tertiary/aromatic N) is 4. The van der Waals surface area contributed by atoms with E-state index in [0.717, 1.165) is 24.1 Å². The Bertz CT molecular complexity index is 1370. The van der Waals surface area contributed by atoms with Crippen LogP contribution in [0.1, 0.15) is 38.2 Å². The van der Waals surface area contributed by atoms with Crippen LogP contribution >= 0.6 is 0 Å². The van der Waals surface area contributed by atoms with Crippen molar-refractivity contribution in [2.45, 2.75) is 44.2 Å². The Morgan fingerprint density at radius 1 is 1.14 bits per heavy atom. The molecule has 0 spiro atoms. The third-order valence-corrected chi connectivity index (χ3v) is 7.13. The van der Waals surface area contributed by atoms with Gasteiger partial charge in [-0.2, -0.15) is 9.61 Å². The number of hydrogen-bond donors (Lipinski definition) is 4. The van der Waals surface area contributed by atoms with E-state index < -0.39 is 23.0 Å². The Kier molecular flexibility index (Phi) is 5.65. The summed E-state index contributed by atoms with van der Waals surface area (Å²) in [5.74, 6) is -1.90. The van der Waals surface area contributed by atoms with Gasteiger partial charge < -0.3 is 21.3 Å². The van der Waals surface area contributed by atoms with E-state index >= 15 is 0 Å². The summed E-state index contributed by atoms with van der Waals surface area (Å²) in [7, 11) is 0. The smallest absolute Gasteiger partial charge is 0.229 e. The molecular formula is C25H26F2N6O2. The van der Waals surface area contributed by atoms with E-state index in [1.807, 2.05) is 13.0 Å². The Labute approximate surface area is 200 Å². The van der Waals surface area contributed by atoms with Crippen LogP contribution in [0.2, 0.25) is 0 Å². The van der Waals surface area contributed by atoms with E-state index in [-0.39, 0.29) is 29.1 Å². The molecular weight excluding hydrogens is 454 g/mol. The largest absolute Gasteiger partial charge is 0.508 e. The summed E-state index contributed by atoms with van der Waals surface area (Å²) < 4.78 is 30.3. The first-order valence-corrected chi connectivity index (χ1v) is 11.4. The fourth-order valence-electron chi connectivity index (χ4n) is 4.82. The van der Waals surface area contributed by atoms with Gasteiger partial charge in [-0.3, -0.25) is 4.98 Å². The summed E-state index contributed by atoms with van der Waals surface area (Å²) in [5, 5.41) is 27.8. The Morgan fingerprint density at radius 3 is 2.60 bits per heavy atom. The number of phenolic OH excluding ortho intramolecular Hbond substituents is 1. The lowest BCUT2D eigenvalue weighted by Crippen LogP contribution is -2.54. The molecule has 4 atom stereocenters. The highest BCUT2D eigenvalue weighted by atomic mass is 19.1. The molecule has 4 aromatic rings. The predicted octanol–water partition coefficient (Wildman–Crippen LogP) is 4.11. The molecule has 0 saturated heterocycles. The number of anilines is 2. The van der Waals surface area contributed by atoms with Crippen LogP contribution in [0.3, 0.4) is 0 Å². The van der Waals surface area contributed by atoms with E-state index in [1.54, 1.807) is 31.6 Å². The normalized spacial score (nSPS) is 24.6. The third-order valence-electron chi connectivity index (χ3n) is 7.13. The van der Waals surface area contributed by atoms with Crippen molar-refractivity contribution in [2.75, 3.05) is 5.32 Å². The van der Waals surface area contributed by atoms with Crippen LogP contribution in [0, 0.1) is 17.6 Å². The van der Waals surface area contributed by atoms with Gasteiger partial charge in [-0.1, -0.05) is 6.92 Å². The molecule has 5 rings (SSSR count). The van der Waals surface area contributed by atoms with Gasteiger partial charge in [-0.15, -0.1) is 0 Å². The van der Waals surface area contributed by atoms with Crippen LogP contribution in [0.15, 0.2) is 48.9 Å². The monoisotopic (exact) mass is 480 g/mol. The van der Waals surface area contributed by atoms with Crippen molar-refractivity contribution >= 4 is 17.2 Å². The summed E-state index contributed by atoms with van der Waals surface area (Å²) in [6, 6.07) is 6.37. The first-order chi connectivity index (χ1) is 16.6. The Morgan fingerprint density at radius 2 is 1.89 bits per heavy atom. The van der Waals surface area contributed by atoms with Crippen molar-refractivity contribution in [3.8, 4) is 17.0 Å². The van der Waals surface area contributed by atoms with Crippen molar-refractivity contribution in [2.24, 2.45) is 11.7 Å². The number of halogens is 2. The number of fused-ring (bicyclic) bond motifs is 1. The number of aromatic nitrogens is 4. The van der Waals surface area contributed by atoms with Gasteiger partial charge in [0.15, 0.2) is 0 Å². The van der Waals surface area contributed by atoms with Gasteiger partial charge in [0.2, 0.25) is 5.95 Å². The van der Waals surface area contributed by atoms with E-state index in [9.17, 15) is 19.0 Å². The van der Waals surface area contributed by atoms with E-state index in [1.165, 1.54) is 10.6 Å². The van der Waals surface area contributed by atoms with Gasteiger partial charge in [0, 0.05) is 24.4 Å². The molecule has 0 unspecified atom stereocenters. The summed E-state index contributed by atoms with van der Waals surface area (Å²) in [6.45, 7) is 3.78. The molecule has 8 nitrogen and oxygen atoms in total. The lowest BCUT2D eigenvalue weighted by Gasteiger charge is -2.44. The molecule has 0 bridgehead atoms. The number of pyridine rings is 1. The summed E-state index contributed by atoms with van der Waals surface area (Å²) in [5.41, 5.74) is 7.39. The van der Waals surface area contributed by atoms with Crippen LogP contribution in [-0.2, 0) is 0 Å². The highest BCUT2D eigenvalue weighted by molar-refractivity contribution is 5.66. The fraction of sp³-hybridized carbons (Fsp3) is 0.320. The number of rotatable bonds is 4. The van der Waals surface area contributed by atoms with Gasteiger partial charge >= 0.3 is 0 Å². The summed E-state index contributed by atoms with van der Waals surface area (Å²) in [4.78, 5) is 8.63. The second kappa shape index (κ2) is 8.54. The van der Waals surface area contributed by atoms with Crippen molar-refractivity contribution in [1.82, 2.24) is 19.6 Å². The molecule has 1 aromatic carbocycles. The highest BCUT2D eigenvalue weighted by Gasteiger charge is 2.42. The molecule has 10 heteroatoms. The molecule has 35 heavy (non-hydrogen) atoms. The maximum atomic E-state index is 14.4. The molecule has 1 saturated carbocycles. The maximum Gasteiger partial charge on any atom is 0.229 e. The van der Waals surface area contributed by atoms with Crippen LogP contribution in [0.25, 0.3) is 16.8 Å². The Balaban J connectivity index is 1.51. The number of imidazole rings is 1. The quantitative estimate of drug-likeness (QED) is 0.347. The Hall–Kier alpha value is -3.63. The second-order valence-electron chi connectivity index (χ2n) is 9.41. The predicted molar refractivity (Wildman–Crippen MR) is 127 cm³/mol. The zero-order valence-electron chi connectivity index (χ0n) is 19.3. The first-order valence-electron chi connectivity index (χ1n) is 11.4. The molecule has 0 aliphatic heterocycles. The van der Waals surface area contributed by atoms with Crippen molar-refractivity contribution < 1.29 is 19.0 Å². The number of nitrogens with one attached hydrogen (secondary N) is 1. The van der Waals surface area contributed by atoms with Crippen molar-refractivity contribution in [3.63, 3.8) is 0 Å². The molecule has 5 N–H and O–H groups in total. The van der Waals surface area contributed by atoms with Crippen molar-refractivity contribution in [3.05, 3.63) is 66.1 Å². The lowest BCUT2D eigenvalue weighted by atomic mass is 9.68. The van der Waals surface area contributed by atoms with E-state index in [0.29, 0.717) is 23.6 Å². The second-order valence-corrected chi connectivity index (χ2v) is 9.41. The van der Waals surface area contributed by atoms with Crippen LogP contribution in [-0.4, -0.2) is 41.4 Å². The van der Waals surface area contributed by atoms with Gasteiger partial charge in [0.05, 0.1) is 40.5 Å². The van der Waals surface area contributed by atoms with Gasteiger partial charge in [-0.05, 0) is 55.4 Å². The van der Waals surface area contributed by atoms with Gasteiger partial charge in [0.25, 0.3) is 0 Å². The van der Waals surface area contributed by atoms with Crippen LogP contribution < -0.4 is 11.1 Å². The third kappa shape index (κ3) is 4.08. The molecule has 182 valence electrons. The number of phenols is 1. The minimum absolute atomic E-state index is 0.00356.